The predicted octanol–water partition coefficient (Wildman–Crippen LogP) is 1.30. The zero-order valence-corrected chi connectivity index (χ0v) is 8.64. The van der Waals surface area contributed by atoms with E-state index in [1.54, 1.807) is 7.05 Å². The lowest BCUT2D eigenvalue weighted by Crippen LogP contribution is -2.19. The van der Waals surface area contributed by atoms with Gasteiger partial charge in [0.05, 0.1) is 6.61 Å². The summed E-state index contributed by atoms with van der Waals surface area (Å²) >= 11 is 0. The van der Waals surface area contributed by atoms with Crippen molar-refractivity contribution < 1.29 is 14.6 Å². The third kappa shape index (κ3) is 2.11. The van der Waals surface area contributed by atoms with Crippen LogP contribution >= 0.6 is 0 Å². The zero-order valence-electron chi connectivity index (χ0n) is 8.64. The largest absolute Gasteiger partial charge is 0.477 e. The smallest absolute Gasteiger partial charge is 0.354 e. The van der Waals surface area contributed by atoms with Crippen LogP contribution in [-0.2, 0) is 7.05 Å². The Hall–Kier alpha value is -1.52. The van der Waals surface area contributed by atoms with Crippen LogP contribution in [0.15, 0.2) is 6.07 Å². The zero-order chi connectivity index (χ0) is 10.8. The molecular weight excluding hydrogens is 196 g/mol. The number of aromatic nitrogens is 2. The molecule has 1 aliphatic rings. The highest BCUT2D eigenvalue weighted by Crippen LogP contribution is 2.26. The summed E-state index contributed by atoms with van der Waals surface area (Å²) in [6.45, 7) is 0.649. The maximum absolute atomic E-state index is 10.7. The second-order valence-corrected chi connectivity index (χ2v) is 3.90. The Kier molecular flexibility index (Phi) is 2.62. The molecule has 1 saturated carbocycles. The van der Waals surface area contributed by atoms with Crippen molar-refractivity contribution in [3.05, 3.63) is 11.8 Å². The second kappa shape index (κ2) is 3.92. The Labute approximate surface area is 87.7 Å². The molecule has 1 aliphatic carbocycles. The van der Waals surface area contributed by atoms with E-state index in [0.29, 0.717) is 18.4 Å². The standard InChI is InChI=1S/C10H14N2O3/c1-12-8(10(13)14)5-9(11-12)15-6-7-3-2-4-7/h5,7H,2-4,6H2,1H3,(H,13,14). The molecule has 0 spiro atoms. The lowest BCUT2D eigenvalue weighted by atomic mass is 9.86. The van der Waals surface area contributed by atoms with E-state index in [0.717, 1.165) is 0 Å². The molecule has 0 amide bonds. The molecule has 0 aromatic carbocycles. The lowest BCUT2D eigenvalue weighted by molar-refractivity contribution is 0.0685. The fraction of sp³-hybridized carbons (Fsp3) is 0.600. The van der Waals surface area contributed by atoms with Crippen molar-refractivity contribution in [2.24, 2.45) is 13.0 Å². The summed E-state index contributed by atoms with van der Waals surface area (Å²) in [5, 5.41) is 12.8. The van der Waals surface area contributed by atoms with Crippen molar-refractivity contribution in [2.45, 2.75) is 19.3 Å². The normalized spacial score (nSPS) is 16.1. The Morgan fingerprint density at radius 3 is 2.93 bits per heavy atom. The van der Waals surface area contributed by atoms with E-state index in [1.807, 2.05) is 0 Å². The summed E-state index contributed by atoms with van der Waals surface area (Å²) in [5.41, 5.74) is 0.151. The van der Waals surface area contributed by atoms with Crippen LogP contribution in [0.5, 0.6) is 5.88 Å². The Morgan fingerprint density at radius 2 is 2.47 bits per heavy atom. The van der Waals surface area contributed by atoms with Gasteiger partial charge in [0.15, 0.2) is 0 Å². The number of nitrogens with zero attached hydrogens (tertiary/aromatic N) is 2. The first-order chi connectivity index (χ1) is 7.16. The number of ether oxygens (including phenoxy) is 1. The molecule has 0 aliphatic heterocycles. The number of carboxylic acids is 1. The van der Waals surface area contributed by atoms with Crippen LogP contribution < -0.4 is 4.74 Å². The number of carboxylic acid groups (broad SMARTS) is 1. The molecule has 1 aromatic rings. The highest BCUT2D eigenvalue weighted by Gasteiger charge is 2.19. The van der Waals surface area contributed by atoms with Gasteiger partial charge in [0, 0.05) is 13.1 Å². The van der Waals surface area contributed by atoms with Crippen LogP contribution in [0, 0.1) is 5.92 Å². The maximum atomic E-state index is 10.7. The Morgan fingerprint density at radius 1 is 1.73 bits per heavy atom. The van der Waals surface area contributed by atoms with Crippen LogP contribution in [0.2, 0.25) is 0 Å². The molecule has 1 heterocycles. The van der Waals surface area contributed by atoms with Gasteiger partial charge in [0.25, 0.3) is 0 Å². The van der Waals surface area contributed by atoms with Gasteiger partial charge >= 0.3 is 5.97 Å². The molecule has 0 radical (unpaired) electrons. The minimum Gasteiger partial charge on any atom is -0.477 e. The van der Waals surface area contributed by atoms with Crippen LogP contribution in [0.25, 0.3) is 0 Å². The third-order valence-corrected chi connectivity index (χ3v) is 2.77. The number of hydrogen-bond donors (Lipinski definition) is 1. The number of carbonyl (C=O) groups is 1. The summed E-state index contributed by atoms with van der Waals surface area (Å²) in [5.74, 6) is 0.0468. The minimum absolute atomic E-state index is 0.151. The van der Waals surface area contributed by atoms with E-state index in [9.17, 15) is 4.79 Å². The topological polar surface area (TPSA) is 64.4 Å². The van der Waals surface area contributed by atoms with Gasteiger partial charge < -0.3 is 9.84 Å². The Balaban J connectivity index is 1.96. The van der Waals surface area contributed by atoms with Crippen molar-refractivity contribution in [3.8, 4) is 5.88 Å². The summed E-state index contributed by atoms with van der Waals surface area (Å²) in [7, 11) is 1.60. The Bertz CT molecular complexity index is 369. The minimum atomic E-state index is -0.983. The van der Waals surface area contributed by atoms with E-state index in [2.05, 4.69) is 5.10 Å². The highest BCUT2D eigenvalue weighted by atomic mass is 16.5. The number of hydrogen-bond acceptors (Lipinski definition) is 3. The van der Waals surface area contributed by atoms with Crippen LogP contribution in [-0.4, -0.2) is 27.5 Å². The summed E-state index contributed by atoms with van der Waals surface area (Å²) in [4.78, 5) is 10.7. The van der Waals surface area contributed by atoms with E-state index in [4.69, 9.17) is 9.84 Å². The monoisotopic (exact) mass is 210 g/mol. The lowest BCUT2D eigenvalue weighted by Gasteiger charge is -2.24. The maximum Gasteiger partial charge on any atom is 0.354 e. The molecule has 0 saturated heterocycles. The predicted molar refractivity (Wildman–Crippen MR) is 53.0 cm³/mol. The molecule has 0 atom stereocenters. The molecule has 5 heteroatoms. The van der Waals surface area contributed by atoms with Crippen molar-refractivity contribution in [3.63, 3.8) is 0 Å². The van der Waals surface area contributed by atoms with Crippen LogP contribution in [0.1, 0.15) is 29.8 Å². The van der Waals surface area contributed by atoms with Crippen molar-refractivity contribution in [1.29, 1.82) is 0 Å². The van der Waals surface area contributed by atoms with Gasteiger partial charge in [-0.1, -0.05) is 6.42 Å². The van der Waals surface area contributed by atoms with Crippen molar-refractivity contribution >= 4 is 5.97 Å². The van der Waals surface area contributed by atoms with Gasteiger partial charge in [-0.05, 0) is 18.8 Å². The van der Waals surface area contributed by atoms with Gasteiger partial charge in [-0.3, -0.25) is 4.68 Å². The highest BCUT2D eigenvalue weighted by molar-refractivity contribution is 5.85. The molecule has 0 unspecified atom stereocenters. The molecule has 0 bridgehead atoms. The molecule has 2 rings (SSSR count). The first-order valence-corrected chi connectivity index (χ1v) is 5.07. The molecular formula is C10H14N2O3. The van der Waals surface area contributed by atoms with Gasteiger partial charge in [0.2, 0.25) is 5.88 Å². The SMILES string of the molecule is Cn1nc(OCC2CCC2)cc1C(=O)O. The first-order valence-electron chi connectivity index (χ1n) is 5.07. The fourth-order valence-electron chi connectivity index (χ4n) is 1.57. The van der Waals surface area contributed by atoms with Gasteiger partial charge in [0.1, 0.15) is 5.69 Å². The van der Waals surface area contributed by atoms with E-state index in [-0.39, 0.29) is 5.69 Å². The number of aromatic carboxylic acids is 1. The van der Waals surface area contributed by atoms with Crippen molar-refractivity contribution in [2.75, 3.05) is 6.61 Å². The van der Waals surface area contributed by atoms with Crippen LogP contribution in [0.4, 0.5) is 0 Å². The molecule has 5 nitrogen and oxygen atoms in total. The molecule has 1 N–H and O–H groups in total. The molecule has 1 fully saturated rings. The summed E-state index contributed by atoms with van der Waals surface area (Å²) in [6, 6.07) is 1.46. The van der Waals surface area contributed by atoms with Crippen LogP contribution in [0.3, 0.4) is 0 Å². The van der Waals surface area contributed by atoms with E-state index < -0.39 is 5.97 Å². The van der Waals surface area contributed by atoms with E-state index in [1.165, 1.54) is 30.0 Å². The van der Waals surface area contributed by atoms with Gasteiger partial charge in [-0.2, -0.15) is 0 Å². The average Bonchev–Trinajstić information content (AvgIpc) is 2.44. The molecule has 82 valence electrons. The molecule has 1 aromatic heterocycles. The van der Waals surface area contributed by atoms with Crippen molar-refractivity contribution in [1.82, 2.24) is 9.78 Å². The number of rotatable bonds is 4. The fourth-order valence-corrected chi connectivity index (χ4v) is 1.57. The average molecular weight is 210 g/mol. The molecule has 15 heavy (non-hydrogen) atoms. The van der Waals surface area contributed by atoms with E-state index >= 15 is 0 Å². The number of aryl methyl sites for hydroxylation is 1. The summed E-state index contributed by atoms with van der Waals surface area (Å²) < 4.78 is 6.74. The quantitative estimate of drug-likeness (QED) is 0.813. The van der Waals surface area contributed by atoms with Gasteiger partial charge in [-0.15, -0.1) is 5.10 Å². The van der Waals surface area contributed by atoms with Gasteiger partial charge in [-0.25, -0.2) is 4.79 Å². The third-order valence-electron chi connectivity index (χ3n) is 2.77. The summed E-state index contributed by atoms with van der Waals surface area (Å²) in [6.07, 6.45) is 3.69. The first kappa shape index (κ1) is 10.0. The second-order valence-electron chi connectivity index (χ2n) is 3.90.